The van der Waals surface area contributed by atoms with Crippen molar-refractivity contribution in [2.45, 2.75) is 6.54 Å². The summed E-state index contributed by atoms with van der Waals surface area (Å²) in [7, 11) is 0. The number of benzene rings is 2. The van der Waals surface area contributed by atoms with Crippen LogP contribution in [0.15, 0.2) is 48.5 Å². The lowest BCUT2D eigenvalue weighted by atomic mass is 10.1. The Kier molecular flexibility index (Phi) is 2.65. The minimum Gasteiger partial charge on any atom is -0.355 e. The molecule has 0 bridgehead atoms. The lowest BCUT2D eigenvalue weighted by molar-refractivity contribution is -0.109. The summed E-state index contributed by atoms with van der Waals surface area (Å²) < 4.78 is 0. The zero-order valence-electron chi connectivity index (χ0n) is 9.76. The van der Waals surface area contributed by atoms with E-state index in [1.165, 1.54) is 0 Å². The van der Waals surface area contributed by atoms with Crippen molar-refractivity contribution in [3.8, 4) is 0 Å². The van der Waals surface area contributed by atoms with Crippen LogP contribution in [-0.2, 0) is 11.3 Å². The molecule has 0 atom stereocenters. The molecule has 0 aliphatic heterocycles. The number of hydrogen-bond donors (Lipinski definition) is 1. The van der Waals surface area contributed by atoms with Crippen LogP contribution < -0.4 is 5.32 Å². The quantitative estimate of drug-likeness (QED) is 0.561. The summed E-state index contributed by atoms with van der Waals surface area (Å²) in [4.78, 5) is 15.0. The predicted molar refractivity (Wildman–Crippen MR) is 72.2 cm³/mol. The molecule has 0 unspecified atom stereocenters. The number of amides is 1. The smallest absolute Gasteiger partial charge is 0.207 e. The van der Waals surface area contributed by atoms with Gasteiger partial charge in [-0.2, -0.15) is 0 Å². The third-order valence-corrected chi connectivity index (χ3v) is 3.03. The molecule has 1 amide bonds. The molecule has 3 aromatic rings. The monoisotopic (exact) mass is 236 g/mol. The molecule has 2 aromatic carbocycles. The second-order valence-electron chi connectivity index (χ2n) is 4.16. The predicted octanol–water partition coefficient (Wildman–Crippen LogP) is 2.63. The molecular formula is C15H12N2O. The van der Waals surface area contributed by atoms with Crippen LogP contribution in [0.2, 0.25) is 0 Å². The van der Waals surface area contributed by atoms with Crippen molar-refractivity contribution in [2.24, 2.45) is 0 Å². The summed E-state index contributed by atoms with van der Waals surface area (Å²) >= 11 is 0. The molecule has 18 heavy (non-hydrogen) atoms. The zero-order chi connectivity index (χ0) is 12.4. The van der Waals surface area contributed by atoms with Crippen molar-refractivity contribution in [1.29, 1.82) is 0 Å². The molecule has 0 saturated carbocycles. The lowest BCUT2D eigenvalue weighted by Gasteiger charge is -2.07. The topological polar surface area (TPSA) is 42.0 Å². The van der Waals surface area contributed by atoms with E-state index in [1.54, 1.807) is 0 Å². The molecule has 0 fully saturated rings. The average Bonchev–Trinajstić information content (AvgIpc) is 2.43. The number of hydrogen-bond acceptors (Lipinski definition) is 2. The van der Waals surface area contributed by atoms with Crippen LogP contribution >= 0.6 is 0 Å². The van der Waals surface area contributed by atoms with Crippen molar-refractivity contribution >= 4 is 28.2 Å². The summed E-state index contributed by atoms with van der Waals surface area (Å²) in [6.45, 7) is 0.529. The van der Waals surface area contributed by atoms with E-state index in [4.69, 9.17) is 0 Å². The molecule has 1 heterocycles. The normalized spacial score (nSPS) is 10.7. The van der Waals surface area contributed by atoms with E-state index in [0.717, 1.165) is 27.4 Å². The van der Waals surface area contributed by atoms with E-state index in [0.29, 0.717) is 13.0 Å². The Hall–Kier alpha value is -2.42. The van der Waals surface area contributed by atoms with Crippen LogP contribution in [0, 0.1) is 0 Å². The highest BCUT2D eigenvalue weighted by Crippen LogP contribution is 2.22. The summed E-state index contributed by atoms with van der Waals surface area (Å²) in [6, 6.07) is 16.1. The van der Waals surface area contributed by atoms with Gasteiger partial charge in [0.25, 0.3) is 0 Å². The van der Waals surface area contributed by atoms with E-state index in [9.17, 15) is 4.79 Å². The highest BCUT2D eigenvalue weighted by Gasteiger charge is 2.03. The van der Waals surface area contributed by atoms with E-state index in [2.05, 4.69) is 16.4 Å². The first kappa shape index (κ1) is 10.7. The Labute approximate surface area is 104 Å². The van der Waals surface area contributed by atoms with Crippen molar-refractivity contribution in [3.05, 3.63) is 54.1 Å². The minimum absolute atomic E-state index is 0.529. The minimum atomic E-state index is 0.529. The van der Waals surface area contributed by atoms with Crippen molar-refractivity contribution < 1.29 is 4.79 Å². The fraction of sp³-hybridized carbons (Fsp3) is 0.0667. The SMILES string of the molecule is O=CNCc1cccc2nc3ccccc3cc12. The van der Waals surface area contributed by atoms with Gasteiger partial charge in [0, 0.05) is 17.3 Å². The van der Waals surface area contributed by atoms with Gasteiger partial charge >= 0.3 is 0 Å². The number of pyridine rings is 1. The third kappa shape index (κ3) is 1.80. The van der Waals surface area contributed by atoms with Gasteiger partial charge in [-0.1, -0.05) is 30.3 Å². The fourth-order valence-electron chi connectivity index (χ4n) is 2.17. The second-order valence-corrected chi connectivity index (χ2v) is 4.16. The molecule has 0 radical (unpaired) electrons. The Morgan fingerprint density at radius 1 is 1.06 bits per heavy atom. The van der Waals surface area contributed by atoms with Gasteiger partial charge in [-0.25, -0.2) is 4.98 Å². The van der Waals surface area contributed by atoms with Gasteiger partial charge in [0.1, 0.15) is 0 Å². The number of nitrogens with zero attached hydrogens (tertiary/aromatic N) is 1. The number of carbonyl (C=O) groups is 1. The van der Waals surface area contributed by atoms with E-state index >= 15 is 0 Å². The third-order valence-electron chi connectivity index (χ3n) is 3.03. The van der Waals surface area contributed by atoms with Gasteiger partial charge in [0.2, 0.25) is 6.41 Å². The van der Waals surface area contributed by atoms with Gasteiger partial charge < -0.3 is 5.32 Å². The van der Waals surface area contributed by atoms with Crippen molar-refractivity contribution in [3.63, 3.8) is 0 Å². The summed E-state index contributed by atoms with van der Waals surface area (Å²) in [5, 5.41) is 4.90. The molecule has 0 saturated heterocycles. The molecule has 0 spiro atoms. The Bertz CT molecular complexity index is 722. The molecule has 3 heteroatoms. The first-order valence-electron chi connectivity index (χ1n) is 5.83. The van der Waals surface area contributed by atoms with Crippen LogP contribution in [0.1, 0.15) is 5.56 Å². The Balaban J connectivity index is 2.25. The molecular weight excluding hydrogens is 224 g/mol. The van der Waals surface area contributed by atoms with E-state index < -0.39 is 0 Å². The maximum Gasteiger partial charge on any atom is 0.207 e. The largest absolute Gasteiger partial charge is 0.355 e. The van der Waals surface area contributed by atoms with Crippen LogP contribution in [0.3, 0.4) is 0 Å². The summed E-state index contributed by atoms with van der Waals surface area (Å²) in [5.41, 5.74) is 3.03. The first-order valence-corrected chi connectivity index (χ1v) is 5.83. The van der Waals surface area contributed by atoms with Crippen LogP contribution in [0.5, 0.6) is 0 Å². The fourth-order valence-corrected chi connectivity index (χ4v) is 2.17. The Morgan fingerprint density at radius 3 is 2.78 bits per heavy atom. The van der Waals surface area contributed by atoms with E-state index in [-0.39, 0.29) is 0 Å². The average molecular weight is 236 g/mol. The number of rotatable bonds is 3. The number of para-hydroxylation sites is 1. The Morgan fingerprint density at radius 2 is 1.89 bits per heavy atom. The number of nitrogens with one attached hydrogen (secondary N) is 1. The van der Waals surface area contributed by atoms with Gasteiger partial charge in [-0.3, -0.25) is 4.79 Å². The molecule has 0 aliphatic rings. The lowest BCUT2D eigenvalue weighted by Crippen LogP contribution is -2.10. The van der Waals surface area contributed by atoms with Gasteiger partial charge in [-0.05, 0) is 23.8 Å². The maximum absolute atomic E-state index is 10.4. The molecule has 3 nitrogen and oxygen atoms in total. The standard InChI is InChI=1S/C15H12N2O/c18-10-16-9-12-5-3-7-15-13(12)8-11-4-1-2-6-14(11)17-15/h1-8,10H,9H2,(H,16,18). The van der Waals surface area contributed by atoms with Gasteiger partial charge in [0.15, 0.2) is 0 Å². The van der Waals surface area contributed by atoms with E-state index in [1.807, 2.05) is 42.5 Å². The van der Waals surface area contributed by atoms with Crippen molar-refractivity contribution in [2.75, 3.05) is 0 Å². The van der Waals surface area contributed by atoms with Crippen LogP contribution in [0.25, 0.3) is 21.8 Å². The van der Waals surface area contributed by atoms with Crippen LogP contribution in [-0.4, -0.2) is 11.4 Å². The second kappa shape index (κ2) is 4.45. The number of aromatic nitrogens is 1. The zero-order valence-corrected chi connectivity index (χ0v) is 9.76. The van der Waals surface area contributed by atoms with Gasteiger partial charge in [0.05, 0.1) is 11.0 Å². The molecule has 88 valence electrons. The van der Waals surface area contributed by atoms with Crippen molar-refractivity contribution in [1.82, 2.24) is 10.3 Å². The first-order chi connectivity index (χ1) is 8.88. The highest BCUT2D eigenvalue weighted by molar-refractivity contribution is 5.94. The number of carbonyl (C=O) groups excluding carboxylic acids is 1. The maximum atomic E-state index is 10.4. The highest BCUT2D eigenvalue weighted by atomic mass is 16.1. The molecule has 1 N–H and O–H groups in total. The number of fused-ring (bicyclic) bond motifs is 2. The molecule has 0 aliphatic carbocycles. The summed E-state index contributed by atoms with van der Waals surface area (Å²) in [6.07, 6.45) is 0.716. The summed E-state index contributed by atoms with van der Waals surface area (Å²) in [5.74, 6) is 0. The van der Waals surface area contributed by atoms with Crippen LogP contribution in [0.4, 0.5) is 0 Å². The molecule has 1 aromatic heterocycles. The molecule has 3 rings (SSSR count). The van der Waals surface area contributed by atoms with Gasteiger partial charge in [-0.15, -0.1) is 0 Å².